The van der Waals surface area contributed by atoms with Crippen LogP contribution in [0.1, 0.15) is 40.4 Å². The highest BCUT2D eigenvalue weighted by Crippen LogP contribution is 2.40. The van der Waals surface area contributed by atoms with Crippen molar-refractivity contribution in [1.29, 1.82) is 0 Å². The Balaban J connectivity index is 1.59. The standard InChI is InChI=1S/C18H19NO3S/c20-15-8-14(9-15)17(19-18(21)13-4-6-23-10-13)12-1-2-16-11(7-12)3-5-22-16/h1-2,4,6-7,10,14-15,17,20H,3,5,8-9H2,(H,19,21)/t14?,15?,17-/m1/s1. The lowest BCUT2D eigenvalue weighted by Gasteiger charge is -2.38. The van der Waals surface area contributed by atoms with Gasteiger partial charge in [0.15, 0.2) is 0 Å². The fourth-order valence-corrected chi connectivity index (χ4v) is 4.03. The maximum Gasteiger partial charge on any atom is 0.252 e. The molecule has 1 saturated carbocycles. The summed E-state index contributed by atoms with van der Waals surface area (Å²) in [5.74, 6) is 1.19. The lowest BCUT2D eigenvalue weighted by molar-refractivity contribution is 0.0235. The van der Waals surface area contributed by atoms with Gasteiger partial charge >= 0.3 is 0 Å². The summed E-state index contributed by atoms with van der Waals surface area (Å²) in [6.45, 7) is 0.729. The number of carbonyl (C=O) groups excluding carboxylic acids is 1. The second-order valence-electron chi connectivity index (χ2n) is 6.31. The molecular weight excluding hydrogens is 310 g/mol. The minimum atomic E-state index is -0.238. The van der Waals surface area contributed by atoms with Crippen LogP contribution in [0, 0.1) is 5.92 Å². The zero-order chi connectivity index (χ0) is 15.8. The summed E-state index contributed by atoms with van der Waals surface area (Å²) in [7, 11) is 0. The van der Waals surface area contributed by atoms with Gasteiger partial charge in [-0.2, -0.15) is 11.3 Å². The van der Waals surface area contributed by atoms with Crippen molar-refractivity contribution in [1.82, 2.24) is 5.32 Å². The van der Waals surface area contributed by atoms with Gasteiger partial charge in [-0.05, 0) is 53.5 Å². The van der Waals surface area contributed by atoms with Crippen molar-refractivity contribution in [2.75, 3.05) is 6.61 Å². The van der Waals surface area contributed by atoms with Crippen molar-refractivity contribution in [3.63, 3.8) is 0 Å². The average molecular weight is 329 g/mol. The van der Waals surface area contributed by atoms with Crippen molar-refractivity contribution in [3.8, 4) is 5.75 Å². The summed E-state index contributed by atoms with van der Waals surface area (Å²) < 4.78 is 5.57. The summed E-state index contributed by atoms with van der Waals surface area (Å²) in [4.78, 5) is 12.5. The number of thiophene rings is 1. The Morgan fingerprint density at radius 3 is 2.96 bits per heavy atom. The highest BCUT2D eigenvalue weighted by atomic mass is 32.1. The first-order chi connectivity index (χ1) is 11.2. The molecule has 1 amide bonds. The third-order valence-electron chi connectivity index (χ3n) is 4.76. The number of nitrogens with one attached hydrogen (secondary N) is 1. The Morgan fingerprint density at radius 1 is 1.35 bits per heavy atom. The van der Waals surface area contributed by atoms with Crippen LogP contribution in [0.15, 0.2) is 35.0 Å². The van der Waals surface area contributed by atoms with Crippen LogP contribution >= 0.6 is 11.3 Å². The Morgan fingerprint density at radius 2 is 2.22 bits per heavy atom. The maximum absolute atomic E-state index is 12.5. The summed E-state index contributed by atoms with van der Waals surface area (Å²) in [5.41, 5.74) is 3.01. The third-order valence-corrected chi connectivity index (χ3v) is 5.45. The molecule has 4 rings (SSSR count). The van der Waals surface area contributed by atoms with Crippen LogP contribution in [0.2, 0.25) is 0 Å². The minimum Gasteiger partial charge on any atom is -0.493 e. The molecule has 1 atom stereocenters. The lowest BCUT2D eigenvalue weighted by atomic mass is 9.74. The number of aliphatic hydroxyl groups excluding tert-OH is 1. The summed E-state index contributed by atoms with van der Waals surface area (Å²) >= 11 is 1.52. The van der Waals surface area contributed by atoms with Gasteiger partial charge in [-0.1, -0.05) is 6.07 Å². The molecule has 0 spiro atoms. The molecular formula is C18H19NO3S. The second-order valence-corrected chi connectivity index (χ2v) is 7.09. The number of fused-ring (bicyclic) bond motifs is 1. The molecule has 23 heavy (non-hydrogen) atoms. The predicted molar refractivity (Wildman–Crippen MR) is 88.9 cm³/mol. The molecule has 1 aliphatic heterocycles. The first-order valence-corrected chi connectivity index (χ1v) is 8.92. The van der Waals surface area contributed by atoms with Crippen molar-refractivity contribution < 1.29 is 14.6 Å². The molecule has 0 saturated heterocycles. The van der Waals surface area contributed by atoms with Crippen LogP contribution in [0.5, 0.6) is 5.75 Å². The van der Waals surface area contributed by atoms with Gasteiger partial charge in [-0.15, -0.1) is 0 Å². The fraction of sp³-hybridized carbons (Fsp3) is 0.389. The van der Waals surface area contributed by atoms with Gasteiger partial charge in [-0.3, -0.25) is 4.79 Å². The Kier molecular flexibility index (Phi) is 3.83. The number of aliphatic hydroxyl groups is 1. The SMILES string of the molecule is O=C(N[C@H](c1ccc2c(c1)CCO2)C1CC(O)C1)c1ccsc1. The van der Waals surface area contributed by atoms with Gasteiger partial charge < -0.3 is 15.2 Å². The van der Waals surface area contributed by atoms with Crippen LogP contribution in [-0.2, 0) is 6.42 Å². The first kappa shape index (κ1) is 14.7. The van der Waals surface area contributed by atoms with Crippen LogP contribution in [0.4, 0.5) is 0 Å². The Hall–Kier alpha value is -1.85. The van der Waals surface area contributed by atoms with E-state index < -0.39 is 0 Å². The molecule has 1 aromatic carbocycles. The van der Waals surface area contributed by atoms with E-state index in [1.54, 1.807) is 0 Å². The molecule has 4 nitrogen and oxygen atoms in total. The Labute approximate surface area is 139 Å². The first-order valence-electron chi connectivity index (χ1n) is 7.97. The number of carbonyl (C=O) groups is 1. The number of hydrogen-bond donors (Lipinski definition) is 2. The Bertz CT molecular complexity index is 707. The van der Waals surface area contributed by atoms with E-state index in [9.17, 15) is 9.90 Å². The highest BCUT2D eigenvalue weighted by molar-refractivity contribution is 7.08. The van der Waals surface area contributed by atoms with E-state index in [2.05, 4.69) is 11.4 Å². The van der Waals surface area contributed by atoms with Crippen LogP contribution in [0.3, 0.4) is 0 Å². The molecule has 1 aromatic heterocycles. The van der Waals surface area contributed by atoms with E-state index in [-0.39, 0.29) is 24.0 Å². The van der Waals surface area contributed by atoms with E-state index in [0.717, 1.165) is 37.2 Å². The minimum absolute atomic E-state index is 0.0469. The average Bonchev–Trinajstić information content (AvgIpc) is 3.19. The fourth-order valence-electron chi connectivity index (χ4n) is 3.39. The maximum atomic E-state index is 12.5. The van der Waals surface area contributed by atoms with Gasteiger partial charge in [0, 0.05) is 11.8 Å². The molecule has 2 heterocycles. The van der Waals surface area contributed by atoms with Gasteiger partial charge in [0.25, 0.3) is 5.91 Å². The quantitative estimate of drug-likeness (QED) is 0.907. The predicted octanol–water partition coefficient (Wildman–Crippen LogP) is 2.93. The third kappa shape index (κ3) is 2.86. The van der Waals surface area contributed by atoms with E-state index in [4.69, 9.17) is 4.74 Å². The van der Waals surface area contributed by atoms with Crippen molar-refractivity contribution in [2.45, 2.75) is 31.4 Å². The topological polar surface area (TPSA) is 58.6 Å². The zero-order valence-corrected chi connectivity index (χ0v) is 13.5. The normalized spacial score (nSPS) is 23.5. The molecule has 2 aromatic rings. The van der Waals surface area contributed by atoms with Gasteiger partial charge in [0.05, 0.1) is 24.3 Å². The molecule has 1 aliphatic carbocycles. The molecule has 5 heteroatoms. The number of ether oxygens (including phenoxy) is 1. The van der Waals surface area contributed by atoms with E-state index >= 15 is 0 Å². The number of amides is 1. The van der Waals surface area contributed by atoms with Crippen LogP contribution < -0.4 is 10.1 Å². The smallest absolute Gasteiger partial charge is 0.252 e. The zero-order valence-electron chi connectivity index (χ0n) is 12.7. The van der Waals surface area contributed by atoms with E-state index in [0.29, 0.717) is 5.56 Å². The summed E-state index contributed by atoms with van der Waals surface area (Å²) in [5, 5.41) is 16.6. The lowest BCUT2D eigenvalue weighted by Crippen LogP contribution is -2.41. The van der Waals surface area contributed by atoms with Crippen molar-refractivity contribution >= 4 is 17.2 Å². The number of hydrogen-bond acceptors (Lipinski definition) is 4. The molecule has 1 fully saturated rings. The van der Waals surface area contributed by atoms with Crippen molar-refractivity contribution in [2.24, 2.45) is 5.92 Å². The molecule has 2 N–H and O–H groups in total. The van der Waals surface area contributed by atoms with E-state index in [1.807, 2.05) is 29.0 Å². The molecule has 0 unspecified atom stereocenters. The largest absolute Gasteiger partial charge is 0.493 e. The van der Waals surface area contributed by atoms with Crippen molar-refractivity contribution in [3.05, 3.63) is 51.7 Å². The molecule has 120 valence electrons. The summed E-state index contributed by atoms with van der Waals surface area (Å²) in [6, 6.07) is 7.95. The molecule has 0 bridgehead atoms. The monoisotopic (exact) mass is 329 g/mol. The molecule has 2 aliphatic rings. The second kappa shape index (κ2) is 5.98. The van der Waals surface area contributed by atoms with Gasteiger partial charge in [0.2, 0.25) is 0 Å². The highest BCUT2D eigenvalue weighted by Gasteiger charge is 2.36. The summed E-state index contributed by atoms with van der Waals surface area (Å²) in [6.07, 6.45) is 2.16. The molecule has 0 radical (unpaired) electrons. The van der Waals surface area contributed by atoms with E-state index in [1.165, 1.54) is 16.9 Å². The van der Waals surface area contributed by atoms with Crippen LogP contribution in [0.25, 0.3) is 0 Å². The van der Waals surface area contributed by atoms with Gasteiger partial charge in [0.1, 0.15) is 5.75 Å². The van der Waals surface area contributed by atoms with Crippen LogP contribution in [-0.4, -0.2) is 23.7 Å². The number of benzene rings is 1. The number of rotatable bonds is 4. The van der Waals surface area contributed by atoms with Gasteiger partial charge in [-0.25, -0.2) is 0 Å².